The Morgan fingerprint density at radius 1 is 0.947 bits per heavy atom. The molecule has 0 atom stereocenters. The van der Waals surface area contributed by atoms with Crippen LogP contribution in [0.1, 0.15) is 19.8 Å². The highest BCUT2D eigenvalue weighted by Gasteiger charge is 2.01. The van der Waals surface area contributed by atoms with E-state index in [-0.39, 0.29) is 5.82 Å². The maximum Gasteiger partial charge on any atom is 0.131 e. The lowest BCUT2D eigenvalue weighted by Crippen LogP contribution is -2.06. The lowest BCUT2D eigenvalue weighted by Gasteiger charge is -2.01. The van der Waals surface area contributed by atoms with E-state index in [1.54, 1.807) is 12.1 Å². The van der Waals surface area contributed by atoms with Gasteiger partial charge in [-0.05, 0) is 31.6 Å². The van der Waals surface area contributed by atoms with Gasteiger partial charge in [0.1, 0.15) is 5.82 Å². The smallest absolute Gasteiger partial charge is 0.131 e. The van der Waals surface area contributed by atoms with E-state index < -0.39 is 0 Å². The zero-order chi connectivity index (χ0) is 13.9. The molecule has 2 rings (SSSR count). The van der Waals surface area contributed by atoms with Crippen molar-refractivity contribution < 1.29 is 4.39 Å². The summed E-state index contributed by atoms with van der Waals surface area (Å²) in [6, 6.07) is 16.3. The van der Waals surface area contributed by atoms with Gasteiger partial charge in [0, 0.05) is 5.56 Å². The fraction of sp³-hybridized carbons (Fsp3) is 0.294. The summed E-state index contributed by atoms with van der Waals surface area (Å²) < 4.78 is 13.3. The van der Waals surface area contributed by atoms with Crippen molar-refractivity contribution in [2.45, 2.75) is 19.8 Å². The number of hydrogen-bond acceptors (Lipinski definition) is 1. The Morgan fingerprint density at radius 2 is 1.58 bits per heavy atom. The molecule has 0 unspecified atom stereocenters. The molecule has 0 aliphatic heterocycles. The van der Waals surface area contributed by atoms with E-state index in [4.69, 9.17) is 0 Å². The third-order valence-electron chi connectivity index (χ3n) is 2.74. The van der Waals surface area contributed by atoms with Gasteiger partial charge in [0.2, 0.25) is 0 Å². The highest BCUT2D eigenvalue weighted by atomic mass is 19.1. The zero-order valence-electron chi connectivity index (χ0n) is 11.7. The molecule has 0 fully saturated rings. The average molecular weight is 259 g/mol. The number of hydrogen-bond donors (Lipinski definition) is 1. The van der Waals surface area contributed by atoms with Gasteiger partial charge in [0.15, 0.2) is 0 Å². The van der Waals surface area contributed by atoms with Crippen molar-refractivity contribution in [2.75, 3.05) is 13.6 Å². The van der Waals surface area contributed by atoms with Gasteiger partial charge in [0.25, 0.3) is 0 Å². The van der Waals surface area contributed by atoms with Crippen molar-refractivity contribution in [1.29, 1.82) is 0 Å². The monoisotopic (exact) mass is 259 g/mol. The van der Waals surface area contributed by atoms with Crippen LogP contribution < -0.4 is 5.32 Å². The molecule has 0 spiro atoms. The highest BCUT2D eigenvalue weighted by molar-refractivity contribution is 5.63. The molecule has 0 radical (unpaired) electrons. The summed E-state index contributed by atoms with van der Waals surface area (Å²) in [6.07, 6.45) is 2.59. The van der Waals surface area contributed by atoms with E-state index in [1.165, 1.54) is 18.9 Å². The summed E-state index contributed by atoms with van der Waals surface area (Å²) in [5.41, 5.74) is 1.57. The molecule has 2 aromatic carbocycles. The quantitative estimate of drug-likeness (QED) is 0.797. The van der Waals surface area contributed by atoms with Crippen LogP contribution in [0.15, 0.2) is 54.6 Å². The Hall–Kier alpha value is -1.67. The molecule has 0 aromatic heterocycles. The molecule has 2 heteroatoms. The number of benzene rings is 2. The van der Waals surface area contributed by atoms with E-state index in [2.05, 4.69) is 12.2 Å². The van der Waals surface area contributed by atoms with E-state index in [1.807, 2.05) is 43.4 Å². The van der Waals surface area contributed by atoms with Crippen molar-refractivity contribution in [3.05, 3.63) is 60.4 Å². The Morgan fingerprint density at radius 3 is 2.11 bits per heavy atom. The first-order valence-corrected chi connectivity index (χ1v) is 6.74. The molecular formula is C17H22FN. The van der Waals surface area contributed by atoms with Crippen molar-refractivity contribution in [3.8, 4) is 11.1 Å². The summed E-state index contributed by atoms with van der Waals surface area (Å²) in [6.45, 7) is 3.36. The molecule has 0 saturated carbocycles. The lowest BCUT2D eigenvalue weighted by atomic mass is 10.1. The van der Waals surface area contributed by atoms with Crippen molar-refractivity contribution in [3.63, 3.8) is 0 Å². The molecule has 0 amide bonds. The van der Waals surface area contributed by atoms with Crippen LogP contribution in [0.4, 0.5) is 4.39 Å². The molecule has 0 saturated heterocycles. The third kappa shape index (κ3) is 5.66. The fourth-order valence-corrected chi connectivity index (χ4v) is 1.67. The second-order valence-corrected chi connectivity index (χ2v) is 4.30. The van der Waals surface area contributed by atoms with Crippen LogP contribution in [-0.2, 0) is 0 Å². The number of unbranched alkanes of at least 4 members (excludes halogenated alkanes) is 1. The van der Waals surface area contributed by atoms with Crippen molar-refractivity contribution >= 4 is 0 Å². The fourth-order valence-electron chi connectivity index (χ4n) is 1.67. The molecule has 0 aliphatic carbocycles. The predicted molar refractivity (Wildman–Crippen MR) is 80.7 cm³/mol. The average Bonchev–Trinajstić information content (AvgIpc) is 2.47. The number of rotatable bonds is 4. The molecule has 1 nitrogen and oxygen atoms in total. The van der Waals surface area contributed by atoms with Gasteiger partial charge in [-0.15, -0.1) is 0 Å². The SMILES string of the molecule is CCCCNC.Fc1ccccc1-c1ccccc1. The molecule has 0 bridgehead atoms. The molecule has 2 aromatic rings. The molecule has 0 heterocycles. The zero-order valence-corrected chi connectivity index (χ0v) is 11.7. The van der Waals surface area contributed by atoms with Crippen LogP contribution in [0.3, 0.4) is 0 Å². The summed E-state index contributed by atoms with van der Waals surface area (Å²) in [5, 5.41) is 3.07. The minimum Gasteiger partial charge on any atom is -0.320 e. The summed E-state index contributed by atoms with van der Waals surface area (Å²) in [7, 11) is 1.98. The summed E-state index contributed by atoms with van der Waals surface area (Å²) in [5.74, 6) is -0.172. The van der Waals surface area contributed by atoms with Gasteiger partial charge in [-0.1, -0.05) is 61.9 Å². The van der Waals surface area contributed by atoms with E-state index in [0.29, 0.717) is 5.56 Å². The van der Waals surface area contributed by atoms with Crippen LogP contribution in [0.5, 0.6) is 0 Å². The second kappa shape index (κ2) is 9.29. The summed E-state index contributed by atoms with van der Waals surface area (Å²) in [4.78, 5) is 0. The maximum atomic E-state index is 13.3. The third-order valence-corrected chi connectivity index (χ3v) is 2.74. The number of nitrogens with one attached hydrogen (secondary N) is 1. The van der Waals surface area contributed by atoms with Crippen LogP contribution in [0, 0.1) is 5.82 Å². The largest absolute Gasteiger partial charge is 0.320 e. The first-order chi connectivity index (χ1) is 9.29. The van der Waals surface area contributed by atoms with Gasteiger partial charge in [-0.3, -0.25) is 0 Å². The van der Waals surface area contributed by atoms with E-state index in [9.17, 15) is 4.39 Å². The standard InChI is InChI=1S/C12H9F.C5H13N/c13-12-9-5-4-8-11(12)10-6-2-1-3-7-10;1-3-4-5-6-2/h1-9H;6H,3-5H2,1-2H3. The molecule has 0 aliphatic rings. The Balaban J connectivity index is 0.000000258. The predicted octanol–water partition coefficient (Wildman–Crippen LogP) is 4.50. The molecule has 1 N–H and O–H groups in total. The van der Waals surface area contributed by atoms with Gasteiger partial charge in [0.05, 0.1) is 0 Å². The van der Waals surface area contributed by atoms with Crippen LogP contribution in [0.25, 0.3) is 11.1 Å². The van der Waals surface area contributed by atoms with Crippen LogP contribution in [-0.4, -0.2) is 13.6 Å². The van der Waals surface area contributed by atoms with Crippen molar-refractivity contribution in [2.24, 2.45) is 0 Å². The Bertz CT molecular complexity index is 450. The topological polar surface area (TPSA) is 12.0 Å². The molecular weight excluding hydrogens is 237 g/mol. The Kier molecular flexibility index (Phi) is 7.52. The van der Waals surface area contributed by atoms with Gasteiger partial charge < -0.3 is 5.32 Å². The maximum absolute atomic E-state index is 13.3. The first-order valence-electron chi connectivity index (χ1n) is 6.74. The van der Waals surface area contributed by atoms with Crippen LogP contribution in [0.2, 0.25) is 0 Å². The normalized spacial score (nSPS) is 9.63. The summed E-state index contributed by atoms with van der Waals surface area (Å²) >= 11 is 0. The lowest BCUT2D eigenvalue weighted by molar-refractivity contribution is 0.631. The second-order valence-electron chi connectivity index (χ2n) is 4.30. The van der Waals surface area contributed by atoms with Gasteiger partial charge in [-0.2, -0.15) is 0 Å². The highest BCUT2D eigenvalue weighted by Crippen LogP contribution is 2.21. The van der Waals surface area contributed by atoms with Crippen molar-refractivity contribution in [1.82, 2.24) is 5.32 Å². The Labute approximate surface area is 115 Å². The van der Waals surface area contributed by atoms with Gasteiger partial charge in [-0.25, -0.2) is 4.39 Å². The van der Waals surface area contributed by atoms with E-state index >= 15 is 0 Å². The van der Waals surface area contributed by atoms with Gasteiger partial charge >= 0.3 is 0 Å². The molecule has 19 heavy (non-hydrogen) atoms. The minimum absolute atomic E-state index is 0.172. The molecule has 102 valence electrons. The van der Waals surface area contributed by atoms with E-state index in [0.717, 1.165) is 12.1 Å². The number of halogens is 1. The minimum atomic E-state index is -0.172. The first kappa shape index (κ1) is 15.4. The van der Waals surface area contributed by atoms with Crippen LogP contribution >= 0.6 is 0 Å².